The number of hydrogen-bond acceptors (Lipinski definition) is 2. The summed E-state index contributed by atoms with van der Waals surface area (Å²) in [6.07, 6.45) is 5.34. The minimum Gasteiger partial charge on any atom is -0.377 e. The van der Waals surface area contributed by atoms with E-state index < -0.39 is 0 Å². The summed E-state index contributed by atoms with van der Waals surface area (Å²) in [5, 5.41) is 3.47. The van der Waals surface area contributed by atoms with Crippen molar-refractivity contribution >= 4 is 0 Å². The third-order valence-corrected chi connectivity index (χ3v) is 4.02. The topological polar surface area (TPSA) is 21.3 Å². The largest absolute Gasteiger partial charge is 0.377 e. The molecule has 0 bridgehead atoms. The molecule has 2 nitrogen and oxygen atoms in total. The predicted octanol–water partition coefficient (Wildman–Crippen LogP) is 3.61. The Hall–Kier alpha value is -0.0800. The second kappa shape index (κ2) is 5.71. The monoisotopic (exact) mass is 241 g/mol. The molecule has 2 heteroatoms. The summed E-state index contributed by atoms with van der Waals surface area (Å²) in [5.74, 6) is 0. The van der Waals surface area contributed by atoms with Crippen LogP contribution in [-0.2, 0) is 4.74 Å². The smallest absolute Gasteiger partial charge is 0.0733 e. The summed E-state index contributed by atoms with van der Waals surface area (Å²) in [6.45, 7) is 12.4. The summed E-state index contributed by atoms with van der Waals surface area (Å²) in [6, 6.07) is 0.496. The van der Waals surface area contributed by atoms with Crippen LogP contribution >= 0.6 is 0 Å². The van der Waals surface area contributed by atoms with Gasteiger partial charge in [0.25, 0.3) is 0 Å². The van der Waals surface area contributed by atoms with E-state index >= 15 is 0 Å². The zero-order valence-electron chi connectivity index (χ0n) is 12.6. The van der Waals surface area contributed by atoms with E-state index in [2.05, 4.69) is 47.0 Å². The van der Waals surface area contributed by atoms with Gasteiger partial charge in [-0.3, -0.25) is 0 Å². The minimum atomic E-state index is 0.361. The summed E-state index contributed by atoms with van der Waals surface area (Å²) in [4.78, 5) is 0. The van der Waals surface area contributed by atoms with E-state index in [1.54, 1.807) is 0 Å². The molecular weight excluding hydrogens is 210 g/mol. The third kappa shape index (κ3) is 4.59. The maximum Gasteiger partial charge on any atom is 0.0733 e. The van der Waals surface area contributed by atoms with Crippen LogP contribution in [0, 0.1) is 10.8 Å². The number of nitrogens with one attached hydrogen (secondary N) is 1. The first-order valence-corrected chi connectivity index (χ1v) is 7.05. The highest BCUT2D eigenvalue weighted by Gasteiger charge is 2.38. The summed E-state index contributed by atoms with van der Waals surface area (Å²) in [7, 11) is 2.07. The van der Waals surface area contributed by atoms with Gasteiger partial charge in [0.2, 0.25) is 0 Å². The number of rotatable bonds is 4. The Kier molecular flexibility index (Phi) is 5.03. The van der Waals surface area contributed by atoms with Crippen molar-refractivity contribution < 1.29 is 4.74 Å². The first-order valence-electron chi connectivity index (χ1n) is 7.05. The molecule has 0 aromatic carbocycles. The van der Waals surface area contributed by atoms with Gasteiger partial charge in [-0.1, -0.05) is 41.0 Å². The van der Waals surface area contributed by atoms with Gasteiger partial charge in [-0.05, 0) is 37.1 Å². The lowest BCUT2D eigenvalue weighted by molar-refractivity contribution is -0.0415. The Labute approximate surface area is 108 Å². The Morgan fingerprint density at radius 1 is 1.29 bits per heavy atom. The van der Waals surface area contributed by atoms with Gasteiger partial charge >= 0.3 is 0 Å². The van der Waals surface area contributed by atoms with Gasteiger partial charge < -0.3 is 10.1 Å². The number of ether oxygens (including phenoxy) is 1. The molecule has 1 aliphatic carbocycles. The molecule has 0 spiro atoms. The quantitative estimate of drug-likeness (QED) is 0.812. The van der Waals surface area contributed by atoms with Crippen LogP contribution in [-0.4, -0.2) is 25.8 Å². The van der Waals surface area contributed by atoms with Crippen molar-refractivity contribution in [2.45, 2.75) is 72.4 Å². The van der Waals surface area contributed by atoms with Crippen LogP contribution in [0.3, 0.4) is 0 Å². The van der Waals surface area contributed by atoms with Gasteiger partial charge in [0.05, 0.1) is 6.10 Å². The first kappa shape index (κ1) is 15.0. The predicted molar refractivity (Wildman–Crippen MR) is 74.3 cm³/mol. The molecule has 17 heavy (non-hydrogen) atoms. The fourth-order valence-electron chi connectivity index (χ4n) is 2.86. The molecule has 102 valence electrons. The van der Waals surface area contributed by atoms with Crippen molar-refractivity contribution in [2.75, 3.05) is 13.7 Å². The maximum absolute atomic E-state index is 6.14. The molecular formula is C15H31NO. The van der Waals surface area contributed by atoms with Gasteiger partial charge in [0.15, 0.2) is 0 Å². The second-order valence-corrected chi connectivity index (χ2v) is 7.37. The van der Waals surface area contributed by atoms with Crippen LogP contribution in [0.4, 0.5) is 0 Å². The lowest BCUT2D eigenvalue weighted by Crippen LogP contribution is -2.52. The van der Waals surface area contributed by atoms with Crippen LogP contribution in [0.15, 0.2) is 0 Å². The van der Waals surface area contributed by atoms with E-state index in [1.807, 2.05) is 0 Å². The maximum atomic E-state index is 6.14. The fraction of sp³-hybridized carbons (Fsp3) is 1.00. The van der Waals surface area contributed by atoms with Crippen molar-refractivity contribution in [2.24, 2.45) is 10.8 Å². The molecule has 0 aromatic rings. The lowest BCUT2D eigenvalue weighted by atomic mass is 9.72. The van der Waals surface area contributed by atoms with E-state index in [-0.39, 0.29) is 0 Å². The van der Waals surface area contributed by atoms with Gasteiger partial charge in [-0.15, -0.1) is 0 Å². The van der Waals surface area contributed by atoms with E-state index in [0.717, 1.165) is 13.0 Å². The average molecular weight is 241 g/mol. The zero-order valence-corrected chi connectivity index (χ0v) is 12.6. The van der Waals surface area contributed by atoms with Gasteiger partial charge in [-0.25, -0.2) is 0 Å². The normalized spacial score (nSPS) is 29.3. The molecule has 1 saturated carbocycles. The molecule has 0 aromatic heterocycles. The molecule has 2 unspecified atom stereocenters. The van der Waals surface area contributed by atoms with Crippen molar-refractivity contribution in [3.05, 3.63) is 0 Å². The van der Waals surface area contributed by atoms with Crippen molar-refractivity contribution in [1.82, 2.24) is 5.32 Å². The molecule has 0 radical (unpaired) electrons. The van der Waals surface area contributed by atoms with Crippen LogP contribution in [0.1, 0.15) is 60.3 Å². The second-order valence-electron chi connectivity index (χ2n) is 7.37. The third-order valence-electron chi connectivity index (χ3n) is 4.02. The van der Waals surface area contributed by atoms with Crippen LogP contribution in [0.5, 0.6) is 0 Å². The molecule has 0 amide bonds. The minimum absolute atomic E-state index is 0.361. The molecule has 1 fully saturated rings. The highest BCUT2D eigenvalue weighted by molar-refractivity contribution is 4.93. The van der Waals surface area contributed by atoms with Crippen LogP contribution < -0.4 is 5.32 Å². The standard InChI is InChI=1S/C15H31NO/c1-14(2,3)10-11-17-12-8-7-9-15(4,5)13(12)16-6/h12-13,16H,7-11H2,1-6H3. The molecule has 0 heterocycles. The first-order chi connectivity index (χ1) is 7.76. The van der Waals surface area contributed by atoms with Crippen molar-refractivity contribution in [3.8, 4) is 0 Å². The van der Waals surface area contributed by atoms with Crippen molar-refractivity contribution in [3.63, 3.8) is 0 Å². The molecule has 2 atom stereocenters. The summed E-state index contributed by atoms with van der Waals surface area (Å²) >= 11 is 0. The molecule has 1 N–H and O–H groups in total. The number of hydrogen-bond donors (Lipinski definition) is 1. The van der Waals surface area contributed by atoms with Crippen molar-refractivity contribution in [1.29, 1.82) is 0 Å². The van der Waals surface area contributed by atoms with Gasteiger partial charge in [-0.2, -0.15) is 0 Å². The molecule has 1 rings (SSSR count). The number of likely N-dealkylation sites (N-methyl/N-ethyl adjacent to an activating group) is 1. The molecule has 0 aliphatic heterocycles. The van der Waals surface area contributed by atoms with E-state index in [9.17, 15) is 0 Å². The van der Waals surface area contributed by atoms with E-state index in [1.165, 1.54) is 19.3 Å². The Balaban J connectivity index is 2.46. The molecule has 1 aliphatic rings. The highest BCUT2D eigenvalue weighted by Crippen LogP contribution is 2.37. The summed E-state index contributed by atoms with van der Waals surface area (Å²) in [5.41, 5.74) is 0.735. The SMILES string of the molecule is CNC1C(OCCC(C)(C)C)CCCC1(C)C. The fourth-order valence-corrected chi connectivity index (χ4v) is 2.86. The van der Waals surface area contributed by atoms with E-state index in [4.69, 9.17) is 4.74 Å². The average Bonchev–Trinajstić information content (AvgIpc) is 2.14. The Morgan fingerprint density at radius 3 is 2.47 bits per heavy atom. The highest BCUT2D eigenvalue weighted by atomic mass is 16.5. The van der Waals surface area contributed by atoms with E-state index in [0.29, 0.717) is 23.0 Å². The Bertz CT molecular complexity index is 230. The van der Waals surface area contributed by atoms with Crippen LogP contribution in [0.2, 0.25) is 0 Å². The summed E-state index contributed by atoms with van der Waals surface area (Å²) < 4.78 is 6.14. The van der Waals surface area contributed by atoms with Gasteiger partial charge in [0.1, 0.15) is 0 Å². The zero-order chi connectivity index (χ0) is 13.1. The van der Waals surface area contributed by atoms with Gasteiger partial charge in [0, 0.05) is 12.6 Å². The van der Waals surface area contributed by atoms with Crippen LogP contribution in [0.25, 0.3) is 0 Å². The molecule has 0 saturated heterocycles. The lowest BCUT2D eigenvalue weighted by Gasteiger charge is -2.43. The Morgan fingerprint density at radius 2 is 1.94 bits per heavy atom.